The summed E-state index contributed by atoms with van der Waals surface area (Å²) in [5.74, 6) is 0.597. The second kappa shape index (κ2) is 3.87. The minimum absolute atomic E-state index is 0.107. The van der Waals surface area contributed by atoms with Crippen molar-refractivity contribution in [2.75, 3.05) is 17.7 Å². The minimum atomic E-state index is -0.229. The Morgan fingerprint density at radius 1 is 1.60 bits per heavy atom. The van der Waals surface area contributed by atoms with Gasteiger partial charge in [0, 0.05) is 0 Å². The summed E-state index contributed by atoms with van der Waals surface area (Å²) in [5, 5.41) is 13.0. The molecular weight excluding hydrogens is 214 g/mol. The van der Waals surface area contributed by atoms with E-state index in [4.69, 9.17) is 17.3 Å². The maximum Gasteiger partial charge on any atom is 0.145 e. The maximum absolute atomic E-state index is 9.29. The van der Waals surface area contributed by atoms with Gasteiger partial charge < -0.3 is 16.2 Å². The Bertz CT molecular complexity index is 360. The molecule has 0 aromatic carbocycles. The first-order valence-electron chi connectivity index (χ1n) is 4.95. The Labute approximate surface area is 93.5 Å². The first-order valence-corrected chi connectivity index (χ1v) is 5.33. The normalized spacial score (nSPS) is 18.3. The molecule has 0 bridgehead atoms. The molecule has 4 N–H and O–H groups in total. The number of nitrogen functional groups attached to an aromatic ring is 1. The zero-order valence-electron chi connectivity index (χ0n) is 8.33. The third kappa shape index (κ3) is 2.01. The second-order valence-corrected chi connectivity index (χ2v) is 4.42. The van der Waals surface area contributed by atoms with Crippen molar-refractivity contribution in [1.29, 1.82) is 0 Å². The largest absolute Gasteiger partial charge is 0.397 e. The molecule has 1 aliphatic carbocycles. The smallest absolute Gasteiger partial charge is 0.145 e. The van der Waals surface area contributed by atoms with Crippen molar-refractivity contribution in [3.05, 3.63) is 17.3 Å². The van der Waals surface area contributed by atoms with Crippen molar-refractivity contribution in [3.8, 4) is 0 Å². The molecule has 0 amide bonds. The molecule has 0 spiro atoms. The van der Waals surface area contributed by atoms with Crippen molar-refractivity contribution < 1.29 is 5.11 Å². The number of hydrogen-bond acceptors (Lipinski definition) is 4. The van der Waals surface area contributed by atoms with Crippen molar-refractivity contribution in [2.24, 2.45) is 0 Å². The Kier molecular flexibility index (Phi) is 2.71. The Morgan fingerprint density at radius 2 is 2.33 bits per heavy atom. The van der Waals surface area contributed by atoms with Crippen LogP contribution in [-0.2, 0) is 0 Å². The van der Waals surface area contributed by atoms with Gasteiger partial charge in [0.15, 0.2) is 0 Å². The average molecular weight is 228 g/mol. The van der Waals surface area contributed by atoms with Gasteiger partial charge in [0.2, 0.25) is 0 Å². The van der Waals surface area contributed by atoms with E-state index in [2.05, 4.69) is 10.3 Å². The van der Waals surface area contributed by atoms with E-state index in [1.807, 2.05) is 0 Å². The molecular formula is C10H14ClN3O. The number of anilines is 2. The average Bonchev–Trinajstić information content (AvgIpc) is 2.14. The molecule has 1 aromatic heterocycles. The molecule has 1 saturated carbocycles. The first kappa shape index (κ1) is 10.5. The number of pyridine rings is 1. The molecule has 1 aliphatic rings. The van der Waals surface area contributed by atoms with E-state index in [-0.39, 0.29) is 12.1 Å². The molecule has 2 rings (SSSR count). The quantitative estimate of drug-likeness (QED) is 0.734. The summed E-state index contributed by atoms with van der Waals surface area (Å²) in [6, 6.07) is 1.65. The number of aliphatic hydroxyl groups is 1. The number of nitrogens with one attached hydrogen (secondary N) is 1. The number of rotatable bonds is 3. The van der Waals surface area contributed by atoms with Crippen LogP contribution in [0.15, 0.2) is 12.3 Å². The predicted octanol–water partition coefficient (Wildman–Crippen LogP) is 1.64. The molecule has 5 heteroatoms. The lowest BCUT2D eigenvalue weighted by atomic mass is 9.77. The van der Waals surface area contributed by atoms with Crippen LogP contribution in [-0.4, -0.2) is 22.2 Å². The number of hydrogen-bond donors (Lipinski definition) is 3. The van der Waals surface area contributed by atoms with E-state index in [0.29, 0.717) is 16.5 Å². The molecule has 1 aromatic rings. The van der Waals surface area contributed by atoms with Crippen LogP contribution in [0.1, 0.15) is 19.3 Å². The SMILES string of the molecule is Nc1cnc(NC2(CO)CCC2)c(Cl)c1. The molecule has 0 aliphatic heterocycles. The Hall–Kier alpha value is -1.00. The number of nitrogens with zero attached hydrogens (tertiary/aromatic N) is 1. The van der Waals surface area contributed by atoms with Gasteiger partial charge in [-0.05, 0) is 25.3 Å². The van der Waals surface area contributed by atoms with E-state index in [9.17, 15) is 5.11 Å². The van der Waals surface area contributed by atoms with Gasteiger partial charge in [0.25, 0.3) is 0 Å². The van der Waals surface area contributed by atoms with Gasteiger partial charge in [0.1, 0.15) is 5.82 Å². The molecule has 0 saturated heterocycles. The van der Waals surface area contributed by atoms with Crippen LogP contribution in [0.3, 0.4) is 0 Å². The van der Waals surface area contributed by atoms with Crippen molar-refractivity contribution in [2.45, 2.75) is 24.8 Å². The maximum atomic E-state index is 9.29. The fourth-order valence-corrected chi connectivity index (χ4v) is 1.94. The van der Waals surface area contributed by atoms with E-state index in [1.165, 1.54) is 0 Å². The lowest BCUT2D eigenvalue weighted by Crippen LogP contribution is -2.48. The van der Waals surface area contributed by atoms with Crippen LogP contribution in [0, 0.1) is 0 Å². The minimum Gasteiger partial charge on any atom is -0.397 e. The highest BCUT2D eigenvalue weighted by Crippen LogP contribution is 2.36. The van der Waals surface area contributed by atoms with E-state index < -0.39 is 0 Å². The fraction of sp³-hybridized carbons (Fsp3) is 0.500. The van der Waals surface area contributed by atoms with Gasteiger partial charge >= 0.3 is 0 Å². The van der Waals surface area contributed by atoms with Crippen LogP contribution in [0.5, 0.6) is 0 Å². The van der Waals surface area contributed by atoms with E-state index in [1.54, 1.807) is 12.3 Å². The Morgan fingerprint density at radius 3 is 2.80 bits per heavy atom. The van der Waals surface area contributed by atoms with E-state index >= 15 is 0 Å². The standard InChI is InChI=1S/C10H14ClN3O/c11-8-4-7(12)5-13-9(8)14-10(6-15)2-1-3-10/h4-5,15H,1-3,6,12H2,(H,13,14). The summed E-state index contributed by atoms with van der Waals surface area (Å²) in [6.45, 7) is 0.107. The lowest BCUT2D eigenvalue weighted by Gasteiger charge is -2.41. The van der Waals surface area contributed by atoms with Crippen molar-refractivity contribution in [3.63, 3.8) is 0 Å². The third-order valence-electron chi connectivity index (χ3n) is 2.86. The summed E-state index contributed by atoms with van der Waals surface area (Å²) in [5.41, 5.74) is 5.86. The zero-order valence-corrected chi connectivity index (χ0v) is 9.09. The monoisotopic (exact) mass is 227 g/mol. The second-order valence-electron chi connectivity index (χ2n) is 4.02. The van der Waals surface area contributed by atoms with Gasteiger partial charge in [-0.3, -0.25) is 0 Å². The van der Waals surface area contributed by atoms with Crippen LogP contribution in [0.25, 0.3) is 0 Å². The van der Waals surface area contributed by atoms with Gasteiger partial charge in [-0.25, -0.2) is 4.98 Å². The van der Waals surface area contributed by atoms with E-state index in [0.717, 1.165) is 19.3 Å². The zero-order chi connectivity index (χ0) is 10.9. The molecule has 0 unspecified atom stereocenters. The number of nitrogens with two attached hydrogens (primary N) is 1. The molecule has 4 nitrogen and oxygen atoms in total. The highest BCUT2D eigenvalue weighted by Gasteiger charge is 2.36. The molecule has 82 valence electrons. The summed E-state index contributed by atoms with van der Waals surface area (Å²) in [7, 11) is 0. The van der Waals surface area contributed by atoms with Crippen LogP contribution in [0.4, 0.5) is 11.5 Å². The molecule has 0 atom stereocenters. The summed E-state index contributed by atoms with van der Waals surface area (Å²) in [4.78, 5) is 4.11. The topological polar surface area (TPSA) is 71.2 Å². The number of aromatic nitrogens is 1. The van der Waals surface area contributed by atoms with Crippen LogP contribution in [0.2, 0.25) is 5.02 Å². The van der Waals surface area contributed by atoms with Gasteiger partial charge in [-0.15, -0.1) is 0 Å². The van der Waals surface area contributed by atoms with Crippen LogP contribution < -0.4 is 11.1 Å². The van der Waals surface area contributed by atoms with Crippen molar-refractivity contribution >= 4 is 23.1 Å². The van der Waals surface area contributed by atoms with Gasteiger partial charge in [-0.2, -0.15) is 0 Å². The summed E-state index contributed by atoms with van der Waals surface area (Å²) >= 11 is 5.99. The lowest BCUT2D eigenvalue weighted by molar-refractivity contribution is 0.144. The molecule has 15 heavy (non-hydrogen) atoms. The predicted molar refractivity (Wildman–Crippen MR) is 60.9 cm³/mol. The summed E-state index contributed by atoms with van der Waals surface area (Å²) < 4.78 is 0. The summed E-state index contributed by atoms with van der Waals surface area (Å²) in [6.07, 6.45) is 4.58. The highest BCUT2D eigenvalue weighted by atomic mass is 35.5. The third-order valence-corrected chi connectivity index (χ3v) is 3.15. The molecule has 0 radical (unpaired) electrons. The Balaban J connectivity index is 2.16. The number of halogens is 1. The highest BCUT2D eigenvalue weighted by molar-refractivity contribution is 6.33. The number of aliphatic hydroxyl groups excluding tert-OH is 1. The van der Waals surface area contributed by atoms with Gasteiger partial charge in [0.05, 0.1) is 29.1 Å². The first-order chi connectivity index (χ1) is 7.15. The molecule has 1 heterocycles. The van der Waals surface area contributed by atoms with Gasteiger partial charge in [-0.1, -0.05) is 11.6 Å². The van der Waals surface area contributed by atoms with Crippen LogP contribution >= 0.6 is 11.6 Å². The molecule has 1 fully saturated rings. The fourth-order valence-electron chi connectivity index (χ4n) is 1.72. The van der Waals surface area contributed by atoms with Crippen molar-refractivity contribution in [1.82, 2.24) is 4.98 Å².